The van der Waals surface area contributed by atoms with Gasteiger partial charge in [-0.15, -0.1) is 0 Å². The number of methoxy groups -OCH3 is 2. The second-order valence-corrected chi connectivity index (χ2v) is 15.3. The fraction of sp³-hybridized carbons (Fsp3) is 0.500. The zero-order chi connectivity index (χ0) is 37.1. The molecule has 1 saturated heterocycles. The average molecular weight is 711 g/mol. The molecule has 2 N–H and O–H groups in total. The number of aryl methyl sites for hydroxylation is 1. The highest BCUT2D eigenvalue weighted by atomic mass is 32.2. The third kappa shape index (κ3) is 15.5. The van der Waals surface area contributed by atoms with Gasteiger partial charge in [0.25, 0.3) is 5.91 Å². The van der Waals surface area contributed by atoms with E-state index in [2.05, 4.69) is 31.0 Å². The Bertz CT molecular complexity index is 1560. The maximum Gasteiger partial charge on any atom is 0.326 e. The second-order valence-electron chi connectivity index (χ2n) is 13.1. The summed E-state index contributed by atoms with van der Waals surface area (Å²) in [6.45, 7) is 12.0. The van der Waals surface area contributed by atoms with Crippen LogP contribution < -0.4 is 5.32 Å². The molecule has 50 heavy (non-hydrogen) atoms. The topological polar surface area (TPSA) is 122 Å². The van der Waals surface area contributed by atoms with Gasteiger partial charge in [0.2, 0.25) is 0 Å². The lowest BCUT2D eigenvalue weighted by molar-refractivity contribution is -0.139. The number of hydrogen-bond acceptors (Lipinski definition) is 7. The predicted molar refractivity (Wildman–Crippen MR) is 202 cm³/mol. The Balaban J connectivity index is 0.000000444. The van der Waals surface area contributed by atoms with Crippen molar-refractivity contribution in [3.63, 3.8) is 0 Å². The summed E-state index contributed by atoms with van der Waals surface area (Å²) in [6, 6.07) is 22.1. The van der Waals surface area contributed by atoms with Crippen molar-refractivity contribution < 1.29 is 32.6 Å². The third-order valence-electron chi connectivity index (χ3n) is 8.75. The summed E-state index contributed by atoms with van der Waals surface area (Å²) in [7, 11) is 0.0605. The molecule has 2 unspecified atom stereocenters. The van der Waals surface area contributed by atoms with E-state index in [4.69, 9.17) is 9.47 Å². The molecule has 3 aromatic rings. The number of carbonyl (C=O) groups is 2. The Morgan fingerprint density at radius 1 is 0.960 bits per heavy atom. The van der Waals surface area contributed by atoms with Crippen LogP contribution in [-0.4, -0.2) is 81.8 Å². The summed E-state index contributed by atoms with van der Waals surface area (Å²) < 4.78 is 33.4. The fourth-order valence-corrected chi connectivity index (χ4v) is 6.30. The van der Waals surface area contributed by atoms with Gasteiger partial charge < -0.3 is 19.9 Å². The Morgan fingerprint density at radius 2 is 1.64 bits per heavy atom. The van der Waals surface area contributed by atoms with E-state index in [1.54, 1.807) is 20.3 Å². The van der Waals surface area contributed by atoms with Gasteiger partial charge in [0.1, 0.15) is 15.9 Å². The number of rotatable bonds is 15. The molecule has 276 valence electrons. The zero-order valence-electron chi connectivity index (χ0n) is 31.0. The maximum absolute atomic E-state index is 13.2. The lowest BCUT2D eigenvalue weighted by atomic mass is 9.93. The second kappa shape index (κ2) is 22.3. The van der Waals surface area contributed by atoms with E-state index >= 15 is 0 Å². The highest BCUT2D eigenvalue weighted by molar-refractivity contribution is 7.90. The van der Waals surface area contributed by atoms with Crippen LogP contribution in [-0.2, 0) is 37.3 Å². The van der Waals surface area contributed by atoms with E-state index in [9.17, 15) is 23.1 Å². The molecule has 10 heteroatoms. The minimum atomic E-state index is -3.36. The number of carboxylic acids is 1. The first kappa shape index (κ1) is 42.6. The molecule has 0 bridgehead atoms. The van der Waals surface area contributed by atoms with Gasteiger partial charge in [0.05, 0.1) is 18.5 Å². The molecule has 9 nitrogen and oxygen atoms in total. The molecule has 1 amide bonds. The lowest BCUT2D eigenvalue weighted by Crippen LogP contribution is -2.42. The number of carboxylic acid groups (broad SMARTS) is 1. The SMILES string of the molecule is CCC[C@H](C)CC.COC1CCN(Cc2ccc(C(=O)NC(CCS(C)(=O)=O)C(=O)O)c(-c3ccccc3C)c2)C1.COCc1ccccc1. The molecule has 4 rings (SSSR count). The van der Waals surface area contributed by atoms with Crippen molar-refractivity contribution in [3.05, 3.63) is 95.1 Å². The molecule has 0 spiro atoms. The molecule has 0 saturated carbocycles. The van der Waals surface area contributed by atoms with Gasteiger partial charge in [-0.25, -0.2) is 13.2 Å². The molecular formula is C40H58N2O7S. The van der Waals surface area contributed by atoms with Crippen LogP contribution in [0.4, 0.5) is 0 Å². The zero-order valence-corrected chi connectivity index (χ0v) is 31.8. The monoisotopic (exact) mass is 710 g/mol. The number of amides is 1. The lowest BCUT2D eigenvalue weighted by Gasteiger charge is -2.19. The van der Waals surface area contributed by atoms with Gasteiger partial charge in [-0.05, 0) is 65.6 Å². The Morgan fingerprint density at radius 3 is 2.18 bits per heavy atom. The molecule has 3 aromatic carbocycles. The number of ether oxygens (including phenoxy) is 2. The number of hydrogen-bond donors (Lipinski definition) is 2. The molecular weight excluding hydrogens is 653 g/mol. The summed E-state index contributed by atoms with van der Waals surface area (Å²) in [5, 5.41) is 12.0. The smallest absolute Gasteiger partial charge is 0.326 e. The number of sulfone groups is 1. The molecule has 1 heterocycles. The molecule has 1 aliphatic rings. The number of likely N-dealkylation sites (tertiary alicyclic amines) is 1. The van der Waals surface area contributed by atoms with E-state index in [1.807, 2.05) is 73.7 Å². The van der Waals surface area contributed by atoms with Crippen LogP contribution in [0.25, 0.3) is 11.1 Å². The minimum absolute atomic E-state index is 0.201. The van der Waals surface area contributed by atoms with Crippen LogP contribution in [0.5, 0.6) is 0 Å². The van der Waals surface area contributed by atoms with Crippen molar-refractivity contribution in [3.8, 4) is 11.1 Å². The molecule has 0 aromatic heterocycles. The maximum atomic E-state index is 13.2. The Kier molecular flexibility index (Phi) is 19.0. The van der Waals surface area contributed by atoms with Crippen LogP contribution in [0.2, 0.25) is 0 Å². The highest BCUT2D eigenvalue weighted by Gasteiger charge is 2.25. The van der Waals surface area contributed by atoms with E-state index < -0.39 is 27.8 Å². The highest BCUT2D eigenvalue weighted by Crippen LogP contribution is 2.29. The van der Waals surface area contributed by atoms with Gasteiger partial charge >= 0.3 is 5.97 Å². The van der Waals surface area contributed by atoms with E-state index in [0.29, 0.717) is 24.3 Å². The van der Waals surface area contributed by atoms with E-state index in [1.165, 1.54) is 24.8 Å². The summed E-state index contributed by atoms with van der Waals surface area (Å²) in [5.41, 5.74) is 5.19. The van der Waals surface area contributed by atoms with Crippen molar-refractivity contribution in [2.75, 3.05) is 39.3 Å². The summed E-state index contributed by atoms with van der Waals surface area (Å²) >= 11 is 0. The van der Waals surface area contributed by atoms with Crippen molar-refractivity contribution >= 4 is 21.7 Å². The number of nitrogens with zero attached hydrogens (tertiary/aromatic N) is 1. The first-order chi connectivity index (χ1) is 23.8. The van der Waals surface area contributed by atoms with Crippen LogP contribution in [0.3, 0.4) is 0 Å². The number of benzene rings is 3. The molecule has 3 atom stereocenters. The van der Waals surface area contributed by atoms with Gasteiger partial charge in [-0.2, -0.15) is 0 Å². The summed E-state index contributed by atoms with van der Waals surface area (Å²) in [5.74, 6) is -1.20. The first-order valence-corrected chi connectivity index (χ1v) is 19.6. The van der Waals surface area contributed by atoms with Gasteiger partial charge in [0, 0.05) is 45.7 Å². The quantitative estimate of drug-likeness (QED) is 0.170. The van der Waals surface area contributed by atoms with Crippen LogP contribution >= 0.6 is 0 Å². The van der Waals surface area contributed by atoms with Crippen molar-refractivity contribution in [1.82, 2.24) is 10.2 Å². The van der Waals surface area contributed by atoms with Gasteiger partial charge in [-0.1, -0.05) is 101 Å². The van der Waals surface area contributed by atoms with E-state index in [0.717, 1.165) is 48.4 Å². The number of nitrogens with one attached hydrogen (secondary N) is 1. The largest absolute Gasteiger partial charge is 0.480 e. The van der Waals surface area contributed by atoms with E-state index in [-0.39, 0.29) is 18.3 Å². The van der Waals surface area contributed by atoms with Crippen molar-refractivity contribution in [2.24, 2.45) is 5.92 Å². The Labute approximate surface area is 300 Å². The fourth-order valence-electron chi connectivity index (χ4n) is 5.64. The van der Waals surface area contributed by atoms with Crippen LogP contribution in [0, 0.1) is 12.8 Å². The minimum Gasteiger partial charge on any atom is -0.480 e. The predicted octanol–water partition coefficient (Wildman–Crippen LogP) is 7.17. The molecule has 0 aliphatic carbocycles. The molecule has 1 aliphatic heterocycles. The Hall–Kier alpha value is -3.57. The standard InChI is InChI=1S/C25H32N2O6S.C8H10O.C7H16/c1-17-6-4-5-7-20(17)22-14-18(15-27-12-10-19(16-27)33-2)8-9-21(22)24(28)26-23(25(29)30)11-13-34(3,31)32;1-9-7-8-5-3-2-4-6-8;1-4-6-7(3)5-2/h4-9,14,19,23H,10-13,15-16H2,1-3H3,(H,26,28)(H,29,30);2-6H,7H2,1H3;7H,4-6H2,1-3H3/t;;7-/m..1/s1. The van der Waals surface area contributed by atoms with Crippen molar-refractivity contribution in [1.29, 1.82) is 0 Å². The summed E-state index contributed by atoms with van der Waals surface area (Å²) in [4.78, 5) is 27.1. The number of carbonyl (C=O) groups excluding carboxylic acids is 1. The third-order valence-corrected chi connectivity index (χ3v) is 9.72. The molecule has 1 fully saturated rings. The number of aliphatic carboxylic acids is 1. The average Bonchev–Trinajstić information content (AvgIpc) is 3.55. The first-order valence-electron chi connectivity index (χ1n) is 17.5. The molecule has 0 radical (unpaired) electrons. The van der Waals surface area contributed by atoms with Crippen molar-refractivity contribution in [2.45, 2.75) is 85.1 Å². The van der Waals surface area contributed by atoms with Crippen LogP contribution in [0.15, 0.2) is 72.8 Å². The van der Waals surface area contributed by atoms with Crippen LogP contribution in [0.1, 0.15) is 79.9 Å². The normalized spacial score (nSPS) is 15.5. The summed E-state index contributed by atoms with van der Waals surface area (Å²) in [6.07, 6.45) is 6.12. The van der Waals surface area contributed by atoms with Gasteiger partial charge in [0.15, 0.2) is 0 Å². The van der Waals surface area contributed by atoms with Gasteiger partial charge in [-0.3, -0.25) is 9.69 Å².